The molecule has 4 nitrogen and oxygen atoms in total. The van der Waals surface area contributed by atoms with Crippen molar-refractivity contribution in [3.8, 4) is 11.5 Å². The number of pyridine rings is 1. The molecule has 0 bridgehead atoms. The largest absolute Gasteiger partial charge is 0.497 e. The first kappa shape index (κ1) is 15.3. The molecule has 2 aromatic rings. The van der Waals surface area contributed by atoms with Gasteiger partial charge >= 0.3 is 0 Å². The van der Waals surface area contributed by atoms with Crippen LogP contribution < -0.4 is 14.8 Å². The molecule has 0 fully saturated rings. The minimum Gasteiger partial charge on any atom is -0.497 e. The predicted molar refractivity (Wildman–Crippen MR) is 83.9 cm³/mol. The maximum atomic E-state index is 5.29. The number of likely N-dealkylation sites (N-methyl/N-ethyl adjacent to an activating group) is 1. The highest BCUT2D eigenvalue weighted by molar-refractivity contribution is 5.32. The minimum atomic E-state index is 0.199. The fourth-order valence-corrected chi connectivity index (χ4v) is 2.33. The van der Waals surface area contributed by atoms with Gasteiger partial charge in [0.2, 0.25) is 0 Å². The van der Waals surface area contributed by atoms with E-state index in [1.807, 2.05) is 24.4 Å². The van der Waals surface area contributed by atoms with Gasteiger partial charge in [-0.2, -0.15) is 0 Å². The van der Waals surface area contributed by atoms with Gasteiger partial charge in [0.05, 0.1) is 20.4 Å². The normalized spacial score (nSPS) is 12.0. The van der Waals surface area contributed by atoms with Crippen molar-refractivity contribution in [2.45, 2.75) is 19.4 Å². The van der Waals surface area contributed by atoms with Gasteiger partial charge < -0.3 is 14.8 Å². The zero-order chi connectivity index (χ0) is 15.1. The fourth-order valence-electron chi connectivity index (χ4n) is 2.33. The molecule has 1 N–H and O–H groups in total. The van der Waals surface area contributed by atoms with Crippen LogP contribution in [0.25, 0.3) is 0 Å². The number of ether oxygens (including phenoxy) is 2. The second-order valence-corrected chi connectivity index (χ2v) is 4.82. The first-order chi connectivity index (χ1) is 10.3. The highest BCUT2D eigenvalue weighted by atomic mass is 16.5. The Morgan fingerprint density at radius 3 is 2.62 bits per heavy atom. The summed E-state index contributed by atoms with van der Waals surface area (Å²) in [6.07, 6.45) is 4.48. The summed E-state index contributed by atoms with van der Waals surface area (Å²) in [5.41, 5.74) is 2.35. The number of hydrogen-bond donors (Lipinski definition) is 1. The van der Waals surface area contributed by atoms with E-state index in [9.17, 15) is 0 Å². The summed E-state index contributed by atoms with van der Waals surface area (Å²) in [7, 11) is 3.35. The van der Waals surface area contributed by atoms with E-state index in [1.165, 1.54) is 5.56 Å². The average molecular weight is 286 g/mol. The van der Waals surface area contributed by atoms with Crippen LogP contribution in [0.2, 0.25) is 0 Å². The van der Waals surface area contributed by atoms with Crippen molar-refractivity contribution in [2.75, 3.05) is 20.8 Å². The van der Waals surface area contributed by atoms with Crippen LogP contribution in [0, 0.1) is 0 Å². The molecule has 0 spiro atoms. The van der Waals surface area contributed by atoms with E-state index in [0.717, 1.165) is 30.0 Å². The van der Waals surface area contributed by atoms with Gasteiger partial charge in [-0.25, -0.2) is 0 Å². The maximum Gasteiger partial charge on any atom is 0.137 e. The smallest absolute Gasteiger partial charge is 0.137 e. The second-order valence-electron chi connectivity index (χ2n) is 4.82. The molecule has 0 aliphatic rings. The highest BCUT2D eigenvalue weighted by Gasteiger charge is 2.13. The summed E-state index contributed by atoms with van der Waals surface area (Å²) in [4.78, 5) is 4.24. The molecular weight excluding hydrogens is 264 g/mol. The zero-order valence-electron chi connectivity index (χ0n) is 12.8. The van der Waals surface area contributed by atoms with Crippen LogP contribution in [0.15, 0.2) is 42.7 Å². The Hall–Kier alpha value is -2.07. The van der Waals surface area contributed by atoms with Crippen LogP contribution in [0.3, 0.4) is 0 Å². The molecule has 112 valence electrons. The Labute approximate surface area is 126 Å². The Morgan fingerprint density at radius 2 is 1.90 bits per heavy atom. The molecule has 0 aliphatic carbocycles. The molecular formula is C17H22N2O2. The van der Waals surface area contributed by atoms with Crippen molar-refractivity contribution >= 4 is 0 Å². The molecule has 1 heterocycles. The Morgan fingerprint density at radius 1 is 1.10 bits per heavy atom. The third kappa shape index (κ3) is 4.20. The number of hydrogen-bond acceptors (Lipinski definition) is 4. The highest BCUT2D eigenvalue weighted by Crippen LogP contribution is 2.23. The van der Waals surface area contributed by atoms with Gasteiger partial charge in [0.1, 0.15) is 11.5 Å². The van der Waals surface area contributed by atoms with E-state index in [1.54, 1.807) is 20.4 Å². The molecule has 0 aliphatic heterocycles. The van der Waals surface area contributed by atoms with Crippen molar-refractivity contribution in [3.63, 3.8) is 0 Å². The van der Waals surface area contributed by atoms with Crippen LogP contribution >= 0.6 is 0 Å². The minimum absolute atomic E-state index is 0.199. The van der Waals surface area contributed by atoms with Gasteiger partial charge in [0, 0.05) is 12.2 Å². The van der Waals surface area contributed by atoms with Gasteiger partial charge in [-0.05, 0) is 42.3 Å². The molecule has 1 atom stereocenters. The van der Waals surface area contributed by atoms with Crippen molar-refractivity contribution in [2.24, 2.45) is 0 Å². The summed E-state index contributed by atoms with van der Waals surface area (Å²) in [5.74, 6) is 1.66. The van der Waals surface area contributed by atoms with Gasteiger partial charge in [-0.15, -0.1) is 0 Å². The Kier molecular flexibility index (Phi) is 5.58. The van der Waals surface area contributed by atoms with E-state index in [4.69, 9.17) is 9.47 Å². The lowest BCUT2D eigenvalue weighted by atomic mass is 10.00. The van der Waals surface area contributed by atoms with E-state index in [-0.39, 0.29) is 6.04 Å². The van der Waals surface area contributed by atoms with Gasteiger partial charge in [-0.1, -0.05) is 19.1 Å². The summed E-state index contributed by atoms with van der Waals surface area (Å²) in [6.45, 7) is 3.00. The van der Waals surface area contributed by atoms with Crippen molar-refractivity contribution in [1.29, 1.82) is 0 Å². The third-order valence-corrected chi connectivity index (χ3v) is 3.40. The lowest BCUT2D eigenvalue weighted by Gasteiger charge is -2.19. The standard InChI is InChI=1S/C17H22N2O2/c1-4-19-17(14-10-16(21-3)12-18-11-14)9-13-6-5-7-15(8-13)20-2/h5-8,10-12,17,19H,4,9H2,1-3H3. The van der Waals surface area contributed by atoms with Crippen molar-refractivity contribution in [1.82, 2.24) is 10.3 Å². The topological polar surface area (TPSA) is 43.4 Å². The van der Waals surface area contributed by atoms with Gasteiger partial charge in [0.25, 0.3) is 0 Å². The second kappa shape index (κ2) is 7.64. The number of aromatic nitrogens is 1. The monoisotopic (exact) mass is 286 g/mol. The lowest BCUT2D eigenvalue weighted by molar-refractivity contribution is 0.410. The van der Waals surface area contributed by atoms with E-state index < -0.39 is 0 Å². The van der Waals surface area contributed by atoms with Crippen LogP contribution in [0.5, 0.6) is 11.5 Å². The van der Waals surface area contributed by atoms with E-state index >= 15 is 0 Å². The molecule has 0 amide bonds. The first-order valence-corrected chi connectivity index (χ1v) is 7.12. The lowest BCUT2D eigenvalue weighted by Crippen LogP contribution is -2.23. The molecule has 0 saturated carbocycles. The zero-order valence-corrected chi connectivity index (χ0v) is 12.8. The number of rotatable bonds is 7. The van der Waals surface area contributed by atoms with Gasteiger partial charge in [-0.3, -0.25) is 4.98 Å². The number of methoxy groups -OCH3 is 2. The molecule has 0 radical (unpaired) electrons. The molecule has 4 heteroatoms. The quantitative estimate of drug-likeness (QED) is 0.849. The van der Waals surface area contributed by atoms with Gasteiger partial charge in [0.15, 0.2) is 0 Å². The van der Waals surface area contributed by atoms with E-state index in [0.29, 0.717) is 0 Å². The Balaban J connectivity index is 2.21. The van der Waals surface area contributed by atoms with Crippen molar-refractivity contribution < 1.29 is 9.47 Å². The molecule has 2 rings (SSSR count). The molecule has 0 saturated heterocycles. The summed E-state index contributed by atoms with van der Waals surface area (Å²) >= 11 is 0. The third-order valence-electron chi connectivity index (χ3n) is 3.40. The fraction of sp³-hybridized carbons (Fsp3) is 0.353. The Bertz CT molecular complexity index is 572. The molecule has 1 aromatic heterocycles. The van der Waals surface area contributed by atoms with Crippen LogP contribution in [0.1, 0.15) is 24.1 Å². The first-order valence-electron chi connectivity index (χ1n) is 7.12. The molecule has 1 unspecified atom stereocenters. The number of nitrogens with one attached hydrogen (secondary N) is 1. The number of benzene rings is 1. The average Bonchev–Trinajstić information content (AvgIpc) is 2.54. The number of nitrogens with zero attached hydrogens (tertiary/aromatic N) is 1. The van der Waals surface area contributed by atoms with E-state index in [2.05, 4.69) is 29.4 Å². The van der Waals surface area contributed by atoms with Crippen LogP contribution in [-0.2, 0) is 6.42 Å². The SMILES string of the molecule is CCNC(Cc1cccc(OC)c1)c1cncc(OC)c1. The molecule has 1 aromatic carbocycles. The summed E-state index contributed by atoms with van der Waals surface area (Å²) in [6, 6.07) is 10.4. The maximum absolute atomic E-state index is 5.29. The van der Waals surface area contributed by atoms with Crippen LogP contribution in [0.4, 0.5) is 0 Å². The molecule has 21 heavy (non-hydrogen) atoms. The predicted octanol–water partition coefficient (Wildman–Crippen LogP) is 2.99. The van der Waals surface area contributed by atoms with Crippen LogP contribution in [-0.4, -0.2) is 25.7 Å². The summed E-state index contributed by atoms with van der Waals surface area (Å²) in [5, 5.41) is 3.50. The summed E-state index contributed by atoms with van der Waals surface area (Å²) < 4.78 is 10.5. The van der Waals surface area contributed by atoms with Crippen molar-refractivity contribution in [3.05, 3.63) is 53.9 Å².